The maximum absolute atomic E-state index is 10.5. The average molecular weight is 572 g/mol. The number of aliphatic hydroxyl groups excluding tert-OH is 1. The Labute approximate surface area is 233 Å². The standard InChI is InChI=1S/C21H25N3O3S.C7H8O3S/c1-4-27-19-8-14-15-7-13(25)5-6-17(15)24-20(16(14)9-18(19)26-2)12-10-22-21(28-3)23-11-12;1-6-2-4-7(5-3-6)11(8,9)10/h8-11,13,15,17,25H,4-7H2,1-3H3;2-5H,1H3,(H,8,9,10)/t13-,15-,17-;/m1./s1. The van der Waals surface area contributed by atoms with Crippen molar-refractivity contribution in [3.8, 4) is 11.5 Å². The summed E-state index contributed by atoms with van der Waals surface area (Å²) in [6.45, 7) is 4.37. The Morgan fingerprint density at radius 1 is 1.08 bits per heavy atom. The molecular weight excluding hydrogens is 538 g/mol. The van der Waals surface area contributed by atoms with Gasteiger partial charge in [-0.2, -0.15) is 8.42 Å². The van der Waals surface area contributed by atoms with Crippen molar-refractivity contribution in [3.05, 3.63) is 71.0 Å². The van der Waals surface area contributed by atoms with Gasteiger partial charge in [-0.15, -0.1) is 0 Å². The lowest BCUT2D eigenvalue weighted by Crippen LogP contribution is -2.34. The highest BCUT2D eigenvalue weighted by atomic mass is 32.2. The third kappa shape index (κ3) is 6.78. The van der Waals surface area contributed by atoms with Crippen LogP contribution in [0.25, 0.3) is 0 Å². The highest BCUT2D eigenvalue weighted by Gasteiger charge is 2.37. The number of hydrogen-bond donors (Lipinski definition) is 2. The van der Waals surface area contributed by atoms with Gasteiger partial charge in [0.1, 0.15) is 0 Å². The fourth-order valence-corrected chi connectivity index (χ4v) is 5.65. The molecule has 0 bridgehead atoms. The molecule has 1 aliphatic heterocycles. The van der Waals surface area contributed by atoms with Crippen molar-refractivity contribution in [3.63, 3.8) is 0 Å². The summed E-state index contributed by atoms with van der Waals surface area (Å²) in [5.74, 6) is 1.60. The van der Waals surface area contributed by atoms with Crippen LogP contribution in [0.5, 0.6) is 11.5 Å². The number of thioether (sulfide) groups is 1. The SMILES string of the molecule is CCOc1cc2c(cc1OC)C(c1cnc(SC)nc1)=N[C@@H]1CC[C@@H](O)C[C@H]21.Cc1ccc(S(=O)(=O)O)cc1. The van der Waals surface area contributed by atoms with Crippen LogP contribution < -0.4 is 9.47 Å². The molecule has 2 heterocycles. The number of nitrogens with zero attached hydrogens (tertiary/aromatic N) is 3. The first-order chi connectivity index (χ1) is 18.6. The van der Waals surface area contributed by atoms with Crippen LogP contribution in [0.1, 0.15) is 54.4 Å². The minimum Gasteiger partial charge on any atom is -0.493 e. The Hall–Kier alpha value is -2.99. The van der Waals surface area contributed by atoms with Gasteiger partial charge >= 0.3 is 0 Å². The quantitative estimate of drug-likeness (QED) is 0.246. The van der Waals surface area contributed by atoms with Crippen LogP contribution in [0.15, 0.2) is 63.8 Å². The van der Waals surface area contributed by atoms with Crippen LogP contribution in [0.2, 0.25) is 0 Å². The molecule has 1 aromatic heterocycles. The van der Waals surface area contributed by atoms with Crippen molar-refractivity contribution in [2.75, 3.05) is 20.0 Å². The van der Waals surface area contributed by atoms with Gasteiger partial charge in [-0.25, -0.2) is 9.97 Å². The van der Waals surface area contributed by atoms with Crippen LogP contribution >= 0.6 is 11.8 Å². The summed E-state index contributed by atoms with van der Waals surface area (Å²) in [5, 5.41) is 11.0. The van der Waals surface area contributed by atoms with E-state index in [1.54, 1.807) is 19.2 Å². The lowest BCUT2D eigenvalue weighted by molar-refractivity contribution is 0.111. The first kappa shape index (κ1) is 29.0. The molecule has 0 spiro atoms. The van der Waals surface area contributed by atoms with Gasteiger partial charge in [-0.3, -0.25) is 9.55 Å². The van der Waals surface area contributed by atoms with E-state index in [4.69, 9.17) is 19.0 Å². The van der Waals surface area contributed by atoms with Crippen LogP contribution in [-0.2, 0) is 10.1 Å². The lowest BCUT2D eigenvalue weighted by Gasteiger charge is -2.37. The summed E-state index contributed by atoms with van der Waals surface area (Å²) in [5.41, 5.74) is 4.91. The summed E-state index contributed by atoms with van der Waals surface area (Å²) in [6, 6.07) is 10.2. The molecule has 9 nitrogen and oxygen atoms in total. The average Bonchev–Trinajstić information content (AvgIpc) is 2.93. The third-order valence-electron chi connectivity index (χ3n) is 6.77. The van der Waals surface area contributed by atoms with Crippen molar-refractivity contribution in [2.45, 2.75) is 61.2 Å². The molecule has 11 heteroatoms. The Bertz CT molecular complexity index is 1430. The number of aliphatic imine (C=N–C) groups is 1. The van der Waals surface area contributed by atoms with Crippen LogP contribution in [0.4, 0.5) is 0 Å². The number of rotatable bonds is 6. The van der Waals surface area contributed by atoms with Gasteiger partial charge in [0.25, 0.3) is 10.1 Å². The Balaban J connectivity index is 0.000000270. The molecule has 1 aliphatic carbocycles. The van der Waals surface area contributed by atoms with Gasteiger partial charge in [-0.05, 0) is 69.2 Å². The first-order valence-corrected chi connectivity index (χ1v) is 15.3. The van der Waals surface area contributed by atoms with Crippen molar-refractivity contribution in [1.29, 1.82) is 0 Å². The predicted molar refractivity (Wildman–Crippen MR) is 151 cm³/mol. The molecule has 0 amide bonds. The van der Waals surface area contributed by atoms with Gasteiger partial charge in [0.05, 0.1) is 36.5 Å². The highest BCUT2D eigenvalue weighted by molar-refractivity contribution is 7.98. The van der Waals surface area contributed by atoms with Crippen molar-refractivity contribution >= 4 is 27.6 Å². The van der Waals surface area contributed by atoms with E-state index in [2.05, 4.69) is 16.0 Å². The zero-order valence-corrected chi connectivity index (χ0v) is 24.0. The zero-order chi connectivity index (χ0) is 28.2. The van der Waals surface area contributed by atoms with E-state index < -0.39 is 10.1 Å². The van der Waals surface area contributed by atoms with Crippen LogP contribution in [0.3, 0.4) is 0 Å². The maximum Gasteiger partial charge on any atom is 0.294 e. The van der Waals surface area contributed by atoms with E-state index in [1.165, 1.54) is 23.9 Å². The highest BCUT2D eigenvalue weighted by Crippen LogP contribution is 2.44. The first-order valence-electron chi connectivity index (χ1n) is 12.7. The number of benzene rings is 2. The molecule has 3 aromatic rings. The molecule has 0 saturated heterocycles. The molecule has 1 saturated carbocycles. The van der Waals surface area contributed by atoms with E-state index in [1.807, 2.05) is 38.6 Å². The second kappa shape index (κ2) is 12.5. The summed E-state index contributed by atoms with van der Waals surface area (Å²) in [7, 11) is -2.37. The van der Waals surface area contributed by atoms with Crippen molar-refractivity contribution in [1.82, 2.24) is 9.97 Å². The van der Waals surface area contributed by atoms with Crippen LogP contribution in [-0.4, -0.2) is 65.9 Å². The molecule has 208 valence electrons. The van der Waals surface area contributed by atoms with E-state index in [-0.39, 0.29) is 23.0 Å². The number of aromatic nitrogens is 2. The second-order valence-electron chi connectivity index (χ2n) is 9.39. The molecule has 2 aromatic carbocycles. The third-order valence-corrected chi connectivity index (χ3v) is 8.22. The molecule has 1 fully saturated rings. The number of methoxy groups -OCH3 is 1. The zero-order valence-electron chi connectivity index (χ0n) is 22.4. The number of ether oxygens (including phenoxy) is 2. The minimum atomic E-state index is -4.02. The number of fused-ring (bicyclic) bond motifs is 3. The van der Waals surface area contributed by atoms with E-state index in [0.717, 1.165) is 51.7 Å². The van der Waals surface area contributed by atoms with Gasteiger partial charge in [0, 0.05) is 29.4 Å². The topological polar surface area (TPSA) is 131 Å². The second-order valence-corrected chi connectivity index (χ2v) is 11.6. The number of aliphatic hydroxyl groups is 1. The van der Waals surface area contributed by atoms with Crippen molar-refractivity contribution in [2.24, 2.45) is 4.99 Å². The van der Waals surface area contributed by atoms with Crippen LogP contribution in [0, 0.1) is 6.92 Å². The summed E-state index contributed by atoms with van der Waals surface area (Å²) in [6.07, 6.45) is 7.71. The van der Waals surface area contributed by atoms with Crippen molar-refractivity contribution < 1.29 is 27.6 Å². The Kier molecular flexibility index (Phi) is 9.27. The number of aryl methyl sites for hydroxylation is 1. The molecule has 39 heavy (non-hydrogen) atoms. The predicted octanol–water partition coefficient (Wildman–Crippen LogP) is 4.70. The van der Waals surface area contributed by atoms with Gasteiger partial charge in [0.2, 0.25) is 0 Å². The van der Waals surface area contributed by atoms with E-state index in [0.29, 0.717) is 18.8 Å². The largest absolute Gasteiger partial charge is 0.493 e. The summed E-state index contributed by atoms with van der Waals surface area (Å²) >= 11 is 1.52. The maximum atomic E-state index is 10.5. The lowest BCUT2D eigenvalue weighted by atomic mass is 9.74. The van der Waals surface area contributed by atoms with Gasteiger partial charge in [-0.1, -0.05) is 29.5 Å². The van der Waals surface area contributed by atoms with Gasteiger partial charge < -0.3 is 14.6 Å². The van der Waals surface area contributed by atoms with Gasteiger partial charge in [0.15, 0.2) is 16.7 Å². The number of hydrogen-bond acceptors (Lipinski definition) is 9. The Morgan fingerprint density at radius 2 is 1.77 bits per heavy atom. The fourth-order valence-electron chi connectivity index (χ4n) is 4.86. The molecule has 2 N–H and O–H groups in total. The Morgan fingerprint density at radius 3 is 2.36 bits per heavy atom. The molecular formula is C28H33N3O6S2. The normalized spacial score (nSPS) is 20.1. The molecule has 0 radical (unpaired) electrons. The molecule has 5 rings (SSSR count). The molecule has 2 aliphatic rings. The molecule has 0 unspecified atom stereocenters. The fraction of sp³-hybridized carbons (Fsp3) is 0.393. The van der Waals surface area contributed by atoms with E-state index >= 15 is 0 Å². The summed E-state index contributed by atoms with van der Waals surface area (Å²) < 4.78 is 40.9. The minimum absolute atomic E-state index is 0.0666. The molecule has 3 atom stereocenters. The van der Waals surface area contributed by atoms with E-state index in [9.17, 15) is 13.5 Å². The summed E-state index contributed by atoms with van der Waals surface area (Å²) in [4.78, 5) is 13.9. The smallest absolute Gasteiger partial charge is 0.294 e. The monoisotopic (exact) mass is 571 g/mol.